The lowest BCUT2D eigenvalue weighted by atomic mass is 9.81. The van der Waals surface area contributed by atoms with Crippen LogP contribution >= 0.6 is 0 Å². The Morgan fingerprint density at radius 2 is 2.40 bits per heavy atom. The summed E-state index contributed by atoms with van der Waals surface area (Å²) in [6, 6.07) is -0.346. The fraction of sp³-hybridized carbons (Fsp3) is 0.889. The highest BCUT2D eigenvalue weighted by Gasteiger charge is 2.49. The van der Waals surface area contributed by atoms with E-state index < -0.39 is 37.0 Å². The van der Waals surface area contributed by atoms with Gasteiger partial charge < -0.3 is 15.2 Å². The largest absolute Gasteiger partial charge is 0.460 e. The lowest BCUT2D eigenvalue weighted by Gasteiger charge is -2.35. The van der Waals surface area contributed by atoms with E-state index in [4.69, 9.17) is 4.74 Å². The normalized spacial score (nSPS) is 47.2. The number of alkyl halides is 2. The molecular formula is C9H14F2N2O2. The van der Waals surface area contributed by atoms with Crippen LogP contribution in [0.3, 0.4) is 0 Å². The number of halogens is 2. The third-order valence-electron chi connectivity index (χ3n) is 3.04. The average Bonchev–Trinajstić information content (AvgIpc) is 2.66. The maximum absolute atomic E-state index is 13.7. The SMILES string of the molecule is CN=C1N[C@@H]2[C@H](F)[C@H](O)[C@@H](CF)C[C@@H]2O1. The van der Waals surface area contributed by atoms with Gasteiger partial charge in [-0.2, -0.15) is 0 Å². The number of aliphatic hydroxyl groups is 1. The van der Waals surface area contributed by atoms with E-state index in [1.54, 1.807) is 0 Å². The molecule has 2 rings (SSSR count). The van der Waals surface area contributed by atoms with Crippen LogP contribution in [0.2, 0.25) is 0 Å². The molecule has 2 fully saturated rings. The van der Waals surface area contributed by atoms with Crippen LogP contribution in [0.1, 0.15) is 6.42 Å². The third-order valence-corrected chi connectivity index (χ3v) is 3.04. The van der Waals surface area contributed by atoms with Gasteiger partial charge in [0.25, 0.3) is 6.02 Å². The van der Waals surface area contributed by atoms with E-state index in [1.165, 1.54) is 7.05 Å². The first-order valence-electron chi connectivity index (χ1n) is 4.95. The summed E-state index contributed by atoms with van der Waals surface area (Å²) in [7, 11) is 1.52. The van der Waals surface area contributed by atoms with Crippen molar-refractivity contribution in [2.45, 2.75) is 30.8 Å². The zero-order chi connectivity index (χ0) is 11.0. The minimum Gasteiger partial charge on any atom is -0.460 e. The van der Waals surface area contributed by atoms with Crippen molar-refractivity contribution in [3.8, 4) is 0 Å². The van der Waals surface area contributed by atoms with Gasteiger partial charge in [0, 0.05) is 13.0 Å². The predicted octanol–water partition coefficient (Wildman–Crippen LogP) is 0.0176. The molecule has 0 spiro atoms. The summed E-state index contributed by atoms with van der Waals surface area (Å²) in [5, 5.41) is 12.2. The zero-order valence-electron chi connectivity index (χ0n) is 8.36. The van der Waals surface area contributed by atoms with Gasteiger partial charge in [0.15, 0.2) is 0 Å². The summed E-state index contributed by atoms with van der Waals surface area (Å²) < 4.78 is 31.5. The van der Waals surface area contributed by atoms with E-state index in [-0.39, 0.29) is 6.02 Å². The first-order chi connectivity index (χ1) is 7.17. The summed E-state index contributed by atoms with van der Waals surface area (Å²) in [5.74, 6) is -0.681. The Bertz CT molecular complexity index is 275. The molecule has 4 nitrogen and oxygen atoms in total. The van der Waals surface area contributed by atoms with Crippen molar-refractivity contribution in [3.63, 3.8) is 0 Å². The lowest BCUT2D eigenvalue weighted by molar-refractivity contribution is -0.0537. The Hall–Kier alpha value is -0.910. The number of nitrogens with zero attached hydrogens (tertiary/aromatic N) is 1. The Kier molecular flexibility index (Phi) is 2.77. The molecule has 0 aromatic carbocycles. The molecule has 2 aliphatic rings. The highest BCUT2D eigenvalue weighted by Crippen LogP contribution is 2.32. The Morgan fingerprint density at radius 1 is 1.67 bits per heavy atom. The van der Waals surface area contributed by atoms with Crippen LogP contribution in [0.25, 0.3) is 0 Å². The molecule has 0 aromatic rings. The summed E-state index contributed by atoms with van der Waals surface area (Å²) in [4.78, 5) is 3.76. The number of amidine groups is 1. The van der Waals surface area contributed by atoms with Crippen LogP contribution in [0.4, 0.5) is 8.78 Å². The van der Waals surface area contributed by atoms with Crippen molar-refractivity contribution < 1.29 is 18.6 Å². The minimum absolute atomic E-state index is 0.263. The van der Waals surface area contributed by atoms with Crippen LogP contribution in [0.5, 0.6) is 0 Å². The number of aliphatic imine (C=N–C) groups is 1. The van der Waals surface area contributed by atoms with Crippen molar-refractivity contribution >= 4 is 6.02 Å². The van der Waals surface area contributed by atoms with Crippen LogP contribution in [-0.2, 0) is 4.74 Å². The first-order valence-corrected chi connectivity index (χ1v) is 4.95. The van der Waals surface area contributed by atoms with E-state index in [1.807, 2.05) is 0 Å². The van der Waals surface area contributed by atoms with Crippen LogP contribution in [0.15, 0.2) is 4.99 Å². The maximum Gasteiger partial charge on any atom is 0.285 e. The second-order valence-corrected chi connectivity index (χ2v) is 3.94. The summed E-state index contributed by atoms with van der Waals surface area (Å²) in [5.41, 5.74) is 0. The smallest absolute Gasteiger partial charge is 0.285 e. The molecule has 0 radical (unpaired) electrons. The van der Waals surface area contributed by atoms with Gasteiger partial charge in [-0.25, -0.2) is 9.38 Å². The first kappa shape index (κ1) is 10.6. The number of aliphatic hydroxyl groups excluding tert-OH is 1. The van der Waals surface area contributed by atoms with Gasteiger partial charge >= 0.3 is 0 Å². The molecule has 5 atom stereocenters. The second kappa shape index (κ2) is 3.92. The second-order valence-electron chi connectivity index (χ2n) is 3.94. The molecule has 1 heterocycles. The Morgan fingerprint density at radius 3 is 3.00 bits per heavy atom. The number of hydrogen-bond donors (Lipinski definition) is 2. The number of ether oxygens (including phenoxy) is 1. The number of rotatable bonds is 1. The molecule has 1 saturated heterocycles. The molecule has 0 aromatic heterocycles. The molecule has 1 saturated carbocycles. The molecular weight excluding hydrogens is 206 g/mol. The van der Waals surface area contributed by atoms with E-state index >= 15 is 0 Å². The van der Waals surface area contributed by atoms with Crippen LogP contribution in [-0.4, -0.2) is 49.3 Å². The number of hydrogen-bond acceptors (Lipinski definition) is 3. The fourth-order valence-corrected chi connectivity index (χ4v) is 2.15. The molecule has 0 bridgehead atoms. The third kappa shape index (κ3) is 1.67. The zero-order valence-corrected chi connectivity index (χ0v) is 8.36. The Balaban J connectivity index is 2.13. The van der Waals surface area contributed by atoms with E-state index in [9.17, 15) is 13.9 Å². The molecule has 6 heteroatoms. The minimum atomic E-state index is -1.51. The molecule has 0 amide bonds. The average molecular weight is 220 g/mol. The van der Waals surface area contributed by atoms with Crippen molar-refractivity contribution in [2.24, 2.45) is 10.9 Å². The van der Waals surface area contributed by atoms with E-state index in [0.717, 1.165) is 0 Å². The summed E-state index contributed by atoms with van der Waals surface area (Å²) in [6.07, 6.45) is -2.88. The molecule has 1 aliphatic carbocycles. The highest BCUT2D eigenvalue weighted by molar-refractivity contribution is 5.76. The Labute approximate surface area is 86.3 Å². The molecule has 2 N–H and O–H groups in total. The predicted molar refractivity (Wildman–Crippen MR) is 50.1 cm³/mol. The highest BCUT2D eigenvalue weighted by atomic mass is 19.1. The molecule has 1 aliphatic heterocycles. The number of nitrogens with one attached hydrogen (secondary N) is 1. The van der Waals surface area contributed by atoms with E-state index in [2.05, 4.69) is 10.3 Å². The topological polar surface area (TPSA) is 53.9 Å². The molecule has 15 heavy (non-hydrogen) atoms. The lowest BCUT2D eigenvalue weighted by Crippen LogP contribution is -2.54. The number of fused-ring (bicyclic) bond motifs is 1. The monoisotopic (exact) mass is 220 g/mol. The summed E-state index contributed by atoms with van der Waals surface area (Å²) >= 11 is 0. The maximum atomic E-state index is 13.7. The van der Waals surface area contributed by atoms with Gasteiger partial charge in [-0.3, -0.25) is 4.39 Å². The molecule has 0 unspecified atom stereocenters. The van der Waals surface area contributed by atoms with E-state index in [0.29, 0.717) is 6.42 Å². The van der Waals surface area contributed by atoms with Gasteiger partial charge in [-0.15, -0.1) is 0 Å². The van der Waals surface area contributed by atoms with Crippen LogP contribution in [0, 0.1) is 5.92 Å². The van der Waals surface area contributed by atoms with Gasteiger partial charge in [-0.1, -0.05) is 0 Å². The van der Waals surface area contributed by atoms with Gasteiger partial charge in [0.1, 0.15) is 18.3 Å². The standard InChI is InChI=1S/C9H14F2N2O2/c1-12-9-13-7-5(15-9)2-4(3-10)8(14)6(7)11/h4-8,14H,2-3H2,1H3,(H,12,13)/t4-,5+,6+,7+,8-/m1/s1. The molecule has 86 valence electrons. The van der Waals surface area contributed by atoms with Gasteiger partial charge in [0.2, 0.25) is 0 Å². The van der Waals surface area contributed by atoms with Crippen molar-refractivity contribution in [2.75, 3.05) is 13.7 Å². The van der Waals surface area contributed by atoms with Gasteiger partial charge in [-0.05, 0) is 6.42 Å². The van der Waals surface area contributed by atoms with Crippen LogP contribution < -0.4 is 5.32 Å². The van der Waals surface area contributed by atoms with Crippen molar-refractivity contribution in [1.82, 2.24) is 5.32 Å². The quantitative estimate of drug-likeness (QED) is 0.655. The van der Waals surface area contributed by atoms with Gasteiger partial charge in [0.05, 0.1) is 12.8 Å². The fourth-order valence-electron chi connectivity index (χ4n) is 2.15. The van der Waals surface area contributed by atoms with Crippen molar-refractivity contribution in [1.29, 1.82) is 0 Å². The summed E-state index contributed by atoms with van der Waals surface area (Å²) in [6.45, 7) is -0.729. The van der Waals surface area contributed by atoms with Crippen molar-refractivity contribution in [3.05, 3.63) is 0 Å².